The van der Waals surface area contributed by atoms with Crippen LogP contribution in [0.4, 0.5) is 5.69 Å². The maximum atomic E-state index is 13.3. The molecule has 134 valence electrons. The average Bonchev–Trinajstić information content (AvgIpc) is 3.00. The van der Waals surface area contributed by atoms with Crippen molar-refractivity contribution in [2.45, 2.75) is 20.4 Å². The van der Waals surface area contributed by atoms with Crippen molar-refractivity contribution >= 4 is 22.5 Å². The van der Waals surface area contributed by atoms with E-state index in [1.807, 2.05) is 23.1 Å². The number of piperazine rings is 1. The summed E-state index contributed by atoms with van der Waals surface area (Å²) in [5, 5.41) is 1.18. The van der Waals surface area contributed by atoms with Gasteiger partial charge in [0.05, 0.1) is 0 Å². The first-order valence-corrected chi connectivity index (χ1v) is 9.37. The van der Waals surface area contributed by atoms with E-state index in [2.05, 4.69) is 59.7 Å². The SMILES string of the molecule is CCn1c(C(=O)N2CCN(c3ccccc3)CC2)c(C)c2ccccc21. The predicted octanol–water partition coefficient (Wildman–Crippen LogP) is 3.93. The predicted molar refractivity (Wildman–Crippen MR) is 107 cm³/mol. The molecule has 1 aliphatic heterocycles. The zero-order chi connectivity index (χ0) is 18.1. The number of anilines is 1. The van der Waals surface area contributed by atoms with Crippen LogP contribution in [0.25, 0.3) is 10.9 Å². The van der Waals surface area contributed by atoms with Gasteiger partial charge >= 0.3 is 0 Å². The molecule has 0 saturated carbocycles. The van der Waals surface area contributed by atoms with Crippen LogP contribution in [0.2, 0.25) is 0 Å². The number of fused-ring (bicyclic) bond motifs is 1. The molecule has 4 nitrogen and oxygen atoms in total. The molecular formula is C22H25N3O. The van der Waals surface area contributed by atoms with Crippen molar-refractivity contribution < 1.29 is 4.79 Å². The lowest BCUT2D eigenvalue weighted by Crippen LogP contribution is -2.49. The van der Waals surface area contributed by atoms with Crippen LogP contribution in [0, 0.1) is 6.92 Å². The fraction of sp³-hybridized carbons (Fsp3) is 0.318. The number of para-hydroxylation sites is 2. The molecule has 1 aromatic heterocycles. The van der Waals surface area contributed by atoms with Gasteiger partial charge in [-0.25, -0.2) is 0 Å². The molecule has 2 heterocycles. The molecule has 3 aromatic rings. The van der Waals surface area contributed by atoms with Gasteiger partial charge in [0, 0.05) is 49.3 Å². The third-order valence-corrected chi connectivity index (χ3v) is 5.43. The first-order valence-electron chi connectivity index (χ1n) is 9.37. The lowest BCUT2D eigenvalue weighted by atomic mass is 10.1. The summed E-state index contributed by atoms with van der Waals surface area (Å²) < 4.78 is 2.16. The van der Waals surface area contributed by atoms with Gasteiger partial charge < -0.3 is 14.4 Å². The molecule has 4 heteroatoms. The van der Waals surface area contributed by atoms with Gasteiger partial charge in [-0.05, 0) is 37.6 Å². The highest BCUT2D eigenvalue weighted by Gasteiger charge is 2.27. The van der Waals surface area contributed by atoms with Gasteiger partial charge in [-0.1, -0.05) is 36.4 Å². The highest BCUT2D eigenvalue weighted by Crippen LogP contribution is 2.27. The fourth-order valence-electron chi connectivity index (χ4n) is 4.04. The number of amides is 1. The van der Waals surface area contributed by atoms with Crippen molar-refractivity contribution in [2.75, 3.05) is 31.1 Å². The number of carbonyl (C=O) groups excluding carboxylic acids is 1. The number of rotatable bonds is 3. The Labute approximate surface area is 154 Å². The standard InChI is InChI=1S/C22H25N3O/c1-3-25-20-12-8-7-11-19(20)17(2)21(25)22(26)24-15-13-23(14-16-24)18-9-5-4-6-10-18/h4-12H,3,13-16H2,1-2H3. The van der Waals surface area contributed by atoms with Crippen molar-refractivity contribution in [3.8, 4) is 0 Å². The van der Waals surface area contributed by atoms with E-state index in [0.717, 1.165) is 49.5 Å². The Morgan fingerprint density at radius 3 is 2.27 bits per heavy atom. The second kappa shape index (κ2) is 6.87. The van der Waals surface area contributed by atoms with Gasteiger partial charge in [0.15, 0.2) is 0 Å². The van der Waals surface area contributed by atoms with Crippen LogP contribution in [-0.4, -0.2) is 41.6 Å². The van der Waals surface area contributed by atoms with Crippen LogP contribution >= 0.6 is 0 Å². The number of nitrogens with zero attached hydrogens (tertiary/aromatic N) is 3. The van der Waals surface area contributed by atoms with E-state index in [4.69, 9.17) is 0 Å². The minimum Gasteiger partial charge on any atom is -0.368 e. The molecule has 0 aliphatic carbocycles. The Bertz CT molecular complexity index is 921. The Morgan fingerprint density at radius 1 is 0.923 bits per heavy atom. The molecular weight excluding hydrogens is 322 g/mol. The first kappa shape index (κ1) is 16.7. The van der Waals surface area contributed by atoms with Gasteiger partial charge in [-0.3, -0.25) is 4.79 Å². The van der Waals surface area contributed by atoms with Gasteiger partial charge in [-0.15, -0.1) is 0 Å². The second-order valence-corrected chi connectivity index (χ2v) is 6.85. The molecule has 0 N–H and O–H groups in total. The third kappa shape index (κ3) is 2.75. The number of hydrogen-bond donors (Lipinski definition) is 0. The van der Waals surface area contributed by atoms with Crippen LogP contribution < -0.4 is 4.90 Å². The fourth-order valence-corrected chi connectivity index (χ4v) is 4.04. The van der Waals surface area contributed by atoms with Gasteiger partial charge in [-0.2, -0.15) is 0 Å². The lowest BCUT2D eigenvalue weighted by Gasteiger charge is -2.36. The van der Waals surface area contributed by atoms with E-state index >= 15 is 0 Å². The smallest absolute Gasteiger partial charge is 0.270 e. The second-order valence-electron chi connectivity index (χ2n) is 6.85. The van der Waals surface area contributed by atoms with Gasteiger partial charge in [0.25, 0.3) is 5.91 Å². The summed E-state index contributed by atoms with van der Waals surface area (Å²) in [5.41, 5.74) is 4.33. The molecule has 0 atom stereocenters. The zero-order valence-corrected chi connectivity index (χ0v) is 15.5. The van der Waals surface area contributed by atoms with Crippen molar-refractivity contribution in [3.63, 3.8) is 0 Å². The van der Waals surface area contributed by atoms with Crippen LogP contribution in [-0.2, 0) is 6.54 Å². The highest BCUT2D eigenvalue weighted by molar-refractivity contribution is 6.01. The Kier molecular flexibility index (Phi) is 4.41. The van der Waals surface area contributed by atoms with Crippen LogP contribution in [0.15, 0.2) is 54.6 Å². The lowest BCUT2D eigenvalue weighted by molar-refractivity contribution is 0.0736. The maximum Gasteiger partial charge on any atom is 0.270 e. The number of carbonyl (C=O) groups is 1. The molecule has 0 spiro atoms. The Balaban J connectivity index is 1.58. The third-order valence-electron chi connectivity index (χ3n) is 5.43. The highest BCUT2D eigenvalue weighted by atomic mass is 16.2. The van der Waals surface area contributed by atoms with E-state index in [1.165, 1.54) is 11.1 Å². The summed E-state index contributed by atoms with van der Waals surface area (Å²) in [7, 11) is 0. The summed E-state index contributed by atoms with van der Waals surface area (Å²) in [6.45, 7) is 8.26. The largest absolute Gasteiger partial charge is 0.368 e. The molecule has 1 saturated heterocycles. The molecule has 1 fully saturated rings. The molecule has 2 aromatic carbocycles. The summed E-state index contributed by atoms with van der Waals surface area (Å²) in [6, 6.07) is 18.7. The maximum absolute atomic E-state index is 13.3. The minimum absolute atomic E-state index is 0.160. The van der Waals surface area contributed by atoms with Crippen LogP contribution in [0.5, 0.6) is 0 Å². The monoisotopic (exact) mass is 347 g/mol. The van der Waals surface area contributed by atoms with Crippen molar-refractivity contribution in [1.82, 2.24) is 9.47 Å². The Hall–Kier alpha value is -2.75. The zero-order valence-electron chi connectivity index (χ0n) is 15.5. The number of hydrogen-bond acceptors (Lipinski definition) is 2. The number of aromatic nitrogens is 1. The number of aryl methyl sites for hydroxylation is 2. The molecule has 1 aliphatic rings. The van der Waals surface area contributed by atoms with E-state index in [0.29, 0.717) is 0 Å². The molecule has 1 amide bonds. The quantitative estimate of drug-likeness (QED) is 0.718. The summed E-state index contributed by atoms with van der Waals surface area (Å²) in [4.78, 5) is 17.7. The molecule has 0 radical (unpaired) electrons. The van der Waals surface area contributed by atoms with E-state index in [9.17, 15) is 4.79 Å². The van der Waals surface area contributed by atoms with Crippen LogP contribution in [0.3, 0.4) is 0 Å². The molecule has 0 unspecified atom stereocenters. The molecule has 4 rings (SSSR count). The van der Waals surface area contributed by atoms with E-state index in [-0.39, 0.29) is 5.91 Å². The topological polar surface area (TPSA) is 28.5 Å². The van der Waals surface area contributed by atoms with Crippen LogP contribution in [0.1, 0.15) is 23.0 Å². The van der Waals surface area contributed by atoms with Gasteiger partial charge in [0.1, 0.15) is 5.69 Å². The number of benzene rings is 2. The molecule has 0 bridgehead atoms. The normalized spacial score (nSPS) is 14.8. The van der Waals surface area contributed by atoms with Crippen molar-refractivity contribution in [2.24, 2.45) is 0 Å². The summed E-state index contributed by atoms with van der Waals surface area (Å²) >= 11 is 0. The Morgan fingerprint density at radius 2 is 1.58 bits per heavy atom. The summed E-state index contributed by atoms with van der Waals surface area (Å²) in [5.74, 6) is 0.160. The summed E-state index contributed by atoms with van der Waals surface area (Å²) in [6.07, 6.45) is 0. The van der Waals surface area contributed by atoms with E-state index < -0.39 is 0 Å². The van der Waals surface area contributed by atoms with Gasteiger partial charge in [0.2, 0.25) is 0 Å². The van der Waals surface area contributed by atoms with Crippen molar-refractivity contribution in [1.29, 1.82) is 0 Å². The van der Waals surface area contributed by atoms with E-state index in [1.54, 1.807) is 0 Å². The average molecular weight is 347 g/mol. The minimum atomic E-state index is 0.160. The first-order chi connectivity index (χ1) is 12.7. The van der Waals surface area contributed by atoms with Crippen molar-refractivity contribution in [3.05, 3.63) is 65.9 Å². The molecule has 26 heavy (non-hydrogen) atoms.